The lowest BCUT2D eigenvalue weighted by molar-refractivity contribution is -0.141. The van der Waals surface area contributed by atoms with Crippen LogP contribution in [0.3, 0.4) is 0 Å². The number of fused-ring (bicyclic) bond motifs is 1. The summed E-state index contributed by atoms with van der Waals surface area (Å²) in [5.74, 6) is 0.977. The van der Waals surface area contributed by atoms with Gasteiger partial charge in [0, 0.05) is 52.8 Å². The normalized spacial score (nSPS) is 15.5. The number of rotatable bonds is 2. The first-order chi connectivity index (χ1) is 12.0. The predicted molar refractivity (Wildman–Crippen MR) is 90.9 cm³/mol. The molecule has 3 aromatic rings. The molecule has 4 rings (SSSR count). The Hall–Kier alpha value is -2.55. The second-order valence-corrected chi connectivity index (χ2v) is 6.53. The van der Waals surface area contributed by atoms with Gasteiger partial charge >= 0.3 is 6.18 Å². The number of H-pyrrole nitrogens is 1. The first kappa shape index (κ1) is 15.9. The van der Waals surface area contributed by atoms with Crippen molar-refractivity contribution in [1.82, 2.24) is 19.9 Å². The minimum absolute atomic E-state index is 0.236. The fraction of sp³-hybridized carbons (Fsp3) is 0.188. The van der Waals surface area contributed by atoms with Crippen molar-refractivity contribution >= 4 is 33.5 Å². The molecule has 0 radical (unpaired) electrons. The zero-order valence-electron chi connectivity index (χ0n) is 12.8. The number of aromatic amines is 1. The number of aromatic nitrogens is 4. The quantitative estimate of drug-likeness (QED) is 0.748. The van der Waals surface area contributed by atoms with Crippen molar-refractivity contribution in [3.63, 3.8) is 0 Å². The van der Waals surface area contributed by atoms with Crippen LogP contribution >= 0.6 is 11.8 Å². The predicted octanol–water partition coefficient (Wildman–Crippen LogP) is 3.92. The van der Waals surface area contributed by atoms with Crippen LogP contribution in [0.1, 0.15) is 11.3 Å². The molecule has 0 amide bonds. The number of anilines is 1. The van der Waals surface area contributed by atoms with Crippen molar-refractivity contribution in [3.05, 3.63) is 54.4 Å². The first-order valence-electron chi connectivity index (χ1n) is 7.45. The van der Waals surface area contributed by atoms with Crippen LogP contribution in [0.15, 0.2) is 43.1 Å². The highest BCUT2D eigenvalue weighted by atomic mass is 32.2. The van der Waals surface area contributed by atoms with Gasteiger partial charge in [0.25, 0.3) is 0 Å². The molecule has 9 heteroatoms. The minimum Gasteiger partial charge on any atom is -0.346 e. The Bertz CT molecular complexity index is 950. The maximum Gasteiger partial charge on any atom is 0.433 e. The molecule has 0 atom stereocenters. The Morgan fingerprint density at radius 1 is 1.16 bits per heavy atom. The van der Waals surface area contributed by atoms with E-state index in [9.17, 15) is 13.2 Å². The molecule has 0 aliphatic carbocycles. The topological polar surface area (TPSA) is 57.7 Å². The highest BCUT2D eigenvalue weighted by Gasteiger charge is 2.33. The second kappa shape index (κ2) is 6.07. The third-order valence-corrected chi connectivity index (χ3v) is 4.85. The molecule has 0 bridgehead atoms. The largest absolute Gasteiger partial charge is 0.433 e. The number of hydrogen-bond acceptors (Lipinski definition) is 5. The van der Waals surface area contributed by atoms with Gasteiger partial charge in [-0.3, -0.25) is 0 Å². The van der Waals surface area contributed by atoms with Crippen molar-refractivity contribution in [2.45, 2.75) is 6.18 Å². The Morgan fingerprint density at radius 3 is 2.88 bits per heavy atom. The molecule has 1 aliphatic heterocycles. The molecular weight excluding hydrogens is 351 g/mol. The van der Waals surface area contributed by atoms with Gasteiger partial charge in [-0.15, -0.1) is 11.8 Å². The fourth-order valence-electron chi connectivity index (χ4n) is 2.66. The number of thioether (sulfide) groups is 1. The maximum absolute atomic E-state index is 12.9. The Kier molecular flexibility index (Phi) is 3.87. The number of pyridine rings is 1. The molecule has 5 nitrogen and oxygen atoms in total. The summed E-state index contributed by atoms with van der Waals surface area (Å²) in [6.07, 6.45) is 1.81. The summed E-state index contributed by atoms with van der Waals surface area (Å²) in [4.78, 5) is 17.3. The molecule has 128 valence electrons. The van der Waals surface area contributed by atoms with E-state index in [-0.39, 0.29) is 5.82 Å². The summed E-state index contributed by atoms with van der Waals surface area (Å²) in [5, 5.41) is 0.974. The SMILES string of the molecule is FC(F)(F)c1cc(N2C=C(c3ccnc4[nH]ccc34)SCC2)ncn1. The lowest BCUT2D eigenvalue weighted by atomic mass is 10.2. The van der Waals surface area contributed by atoms with Gasteiger partial charge in [-0.25, -0.2) is 15.0 Å². The van der Waals surface area contributed by atoms with Crippen molar-refractivity contribution in [2.75, 3.05) is 17.2 Å². The van der Waals surface area contributed by atoms with E-state index in [1.54, 1.807) is 22.9 Å². The van der Waals surface area contributed by atoms with Gasteiger partial charge in [-0.2, -0.15) is 13.2 Å². The van der Waals surface area contributed by atoms with E-state index in [1.165, 1.54) is 0 Å². The molecule has 1 N–H and O–H groups in total. The lowest BCUT2D eigenvalue weighted by Gasteiger charge is -2.26. The van der Waals surface area contributed by atoms with Crippen LogP contribution in [0.2, 0.25) is 0 Å². The van der Waals surface area contributed by atoms with Crippen molar-refractivity contribution in [2.24, 2.45) is 0 Å². The Morgan fingerprint density at radius 2 is 2.04 bits per heavy atom. The van der Waals surface area contributed by atoms with E-state index in [0.29, 0.717) is 6.54 Å². The highest BCUT2D eigenvalue weighted by molar-refractivity contribution is 8.08. The van der Waals surface area contributed by atoms with Gasteiger partial charge in [-0.05, 0) is 12.1 Å². The minimum atomic E-state index is -4.49. The fourth-order valence-corrected chi connectivity index (χ4v) is 3.70. The van der Waals surface area contributed by atoms with Gasteiger partial charge in [0.1, 0.15) is 23.5 Å². The summed E-state index contributed by atoms with van der Waals surface area (Å²) in [5.41, 5.74) is 0.825. The third-order valence-electron chi connectivity index (χ3n) is 3.83. The van der Waals surface area contributed by atoms with Crippen LogP contribution in [-0.4, -0.2) is 32.2 Å². The zero-order valence-corrected chi connectivity index (χ0v) is 13.6. The number of hydrogen-bond donors (Lipinski definition) is 1. The smallest absolute Gasteiger partial charge is 0.346 e. The van der Waals surface area contributed by atoms with Gasteiger partial charge in [0.15, 0.2) is 0 Å². The molecule has 0 saturated heterocycles. The summed E-state index contributed by atoms with van der Waals surface area (Å²) in [7, 11) is 0. The summed E-state index contributed by atoms with van der Waals surface area (Å²) in [6.45, 7) is 0.573. The van der Waals surface area contributed by atoms with Crippen LogP contribution in [0.4, 0.5) is 19.0 Å². The number of halogens is 3. The number of nitrogens with one attached hydrogen (secondary N) is 1. The summed E-state index contributed by atoms with van der Waals surface area (Å²) >= 11 is 1.65. The number of nitrogens with zero attached hydrogens (tertiary/aromatic N) is 4. The number of alkyl halides is 3. The lowest BCUT2D eigenvalue weighted by Crippen LogP contribution is -2.24. The molecular formula is C16H12F3N5S. The molecule has 0 fully saturated rings. The standard InChI is InChI=1S/C16H12F3N5S/c17-16(18,19)13-7-14(23-9-22-13)24-5-6-25-12(8-24)10-1-3-20-15-11(10)2-4-21-15/h1-4,7-9H,5-6H2,(H,20,21). The Labute approximate surface area is 145 Å². The molecule has 0 aromatic carbocycles. The molecule has 0 saturated carbocycles. The van der Waals surface area contributed by atoms with Gasteiger partial charge in [0.2, 0.25) is 0 Å². The molecule has 0 spiro atoms. The van der Waals surface area contributed by atoms with Crippen molar-refractivity contribution in [1.29, 1.82) is 0 Å². The average Bonchev–Trinajstić information content (AvgIpc) is 3.10. The molecule has 3 aromatic heterocycles. The van der Waals surface area contributed by atoms with Gasteiger partial charge in [0.05, 0.1) is 0 Å². The average molecular weight is 363 g/mol. The molecule has 25 heavy (non-hydrogen) atoms. The zero-order chi connectivity index (χ0) is 17.4. The molecule has 0 unspecified atom stereocenters. The summed E-state index contributed by atoms with van der Waals surface area (Å²) in [6, 6.07) is 4.81. The van der Waals surface area contributed by atoms with E-state index >= 15 is 0 Å². The van der Waals surface area contributed by atoms with Gasteiger partial charge < -0.3 is 9.88 Å². The van der Waals surface area contributed by atoms with Crippen LogP contribution in [0.25, 0.3) is 15.9 Å². The van der Waals surface area contributed by atoms with Crippen LogP contribution in [-0.2, 0) is 6.18 Å². The van der Waals surface area contributed by atoms with Crippen LogP contribution in [0.5, 0.6) is 0 Å². The van der Waals surface area contributed by atoms with E-state index < -0.39 is 11.9 Å². The van der Waals surface area contributed by atoms with E-state index in [2.05, 4.69) is 19.9 Å². The van der Waals surface area contributed by atoms with Crippen LogP contribution in [0, 0.1) is 0 Å². The second-order valence-electron chi connectivity index (χ2n) is 5.39. The third kappa shape index (κ3) is 3.07. The maximum atomic E-state index is 12.9. The highest BCUT2D eigenvalue weighted by Crippen LogP contribution is 2.36. The van der Waals surface area contributed by atoms with Crippen LogP contribution < -0.4 is 4.90 Å². The van der Waals surface area contributed by atoms with E-state index in [1.807, 2.05) is 24.5 Å². The molecule has 4 heterocycles. The Balaban J connectivity index is 1.73. The van der Waals surface area contributed by atoms with E-state index in [4.69, 9.17) is 0 Å². The van der Waals surface area contributed by atoms with Crippen molar-refractivity contribution in [3.8, 4) is 0 Å². The first-order valence-corrected chi connectivity index (χ1v) is 8.44. The monoisotopic (exact) mass is 363 g/mol. The van der Waals surface area contributed by atoms with Gasteiger partial charge in [-0.1, -0.05) is 0 Å². The van der Waals surface area contributed by atoms with Crippen molar-refractivity contribution < 1.29 is 13.2 Å². The summed E-state index contributed by atoms with van der Waals surface area (Å²) < 4.78 is 38.6. The molecule has 1 aliphatic rings. The van der Waals surface area contributed by atoms with E-state index in [0.717, 1.165) is 39.6 Å².